The lowest BCUT2D eigenvalue weighted by Crippen LogP contribution is -2.22. The van der Waals surface area contributed by atoms with E-state index in [2.05, 4.69) is 10.3 Å². The van der Waals surface area contributed by atoms with Crippen molar-refractivity contribution >= 4 is 28.3 Å². The van der Waals surface area contributed by atoms with Crippen molar-refractivity contribution < 1.29 is 14.7 Å². The maximum Gasteiger partial charge on any atom is 0.296 e. The van der Waals surface area contributed by atoms with Gasteiger partial charge in [0.15, 0.2) is 0 Å². The summed E-state index contributed by atoms with van der Waals surface area (Å²) >= 11 is 0. The molecule has 3 aromatic rings. The Morgan fingerprint density at radius 1 is 1.15 bits per heavy atom. The van der Waals surface area contributed by atoms with Crippen molar-refractivity contribution in [3.63, 3.8) is 0 Å². The molecule has 4 rings (SSSR count). The topological polar surface area (TPSA) is 84.2 Å². The highest BCUT2D eigenvalue weighted by Crippen LogP contribution is 2.31. The number of amides is 1. The molecule has 1 aliphatic carbocycles. The first-order chi connectivity index (χ1) is 13.1. The number of carbonyl (C=O) groups is 2. The second-order valence-electron chi connectivity index (χ2n) is 7.07. The Morgan fingerprint density at radius 2 is 1.89 bits per heavy atom. The molecule has 0 radical (unpaired) electrons. The number of aromatic nitrogens is 2. The average Bonchev–Trinajstić information content (AvgIpc) is 3.30. The number of hydrogen-bond donors (Lipinski definition) is 2. The second-order valence-corrected chi connectivity index (χ2v) is 7.07. The number of fused-ring (bicyclic) bond motifs is 1. The summed E-state index contributed by atoms with van der Waals surface area (Å²) in [6.07, 6.45) is 9.69. The normalized spacial score (nSPS) is 14.5. The molecule has 0 aliphatic heterocycles. The van der Waals surface area contributed by atoms with E-state index in [0.29, 0.717) is 22.6 Å². The molecule has 0 saturated heterocycles. The number of phenols is 1. The summed E-state index contributed by atoms with van der Waals surface area (Å²) < 4.78 is 2.04. The smallest absolute Gasteiger partial charge is 0.296 e. The zero-order valence-corrected chi connectivity index (χ0v) is 14.9. The van der Waals surface area contributed by atoms with Crippen LogP contribution in [0.4, 0.5) is 5.69 Å². The second kappa shape index (κ2) is 7.23. The van der Waals surface area contributed by atoms with Gasteiger partial charge in [0.1, 0.15) is 5.75 Å². The number of benzene rings is 1. The molecule has 6 nitrogen and oxygen atoms in total. The molecular formula is C21H21N3O3. The van der Waals surface area contributed by atoms with Crippen LogP contribution < -0.4 is 5.32 Å². The molecule has 2 aromatic heterocycles. The minimum Gasteiger partial charge on any atom is -0.508 e. The van der Waals surface area contributed by atoms with Crippen molar-refractivity contribution in [1.29, 1.82) is 0 Å². The Bertz CT molecular complexity index is 989. The van der Waals surface area contributed by atoms with Crippen LogP contribution in [0, 0.1) is 5.92 Å². The molecule has 0 spiro atoms. The van der Waals surface area contributed by atoms with E-state index in [-0.39, 0.29) is 5.75 Å². The van der Waals surface area contributed by atoms with Crippen molar-refractivity contribution in [3.05, 3.63) is 54.5 Å². The van der Waals surface area contributed by atoms with Crippen molar-refractivity contribution in [2.45, 2.75) is 32.2 Å². The minimum atomic E-state index is -0.704. The van der Waals surface area contributed by atoms with Crippen LogP contribution in [0.25, 0.3) is 10.9 Å². The summed E-state index contributed by atoms with van der Waals surface area (Å²) in [7, 11) is 0. The lowest BCUT2D eigenvalue weighted by Gasteiger charge is -2.11. The van der Waals surface area contributed by atoms with Crippen LogP contribution >= 0.6 is 0 Å². The molecule has 1 amide bonds. The third-order valence-corrected chi connectivity index (χ3v) is 5.18. The van der Waals surface area contributed by atoms with E-state index >= 15 is 0 Å². The number of Topliss-reactive ketones (excluding diaryl/α,β-unsaturated/α-hetero) is 1. The molecule has 27 heavy (non-hydrogen) atoms. The highest BCUT2D eigenvalue weighted by atomic mass is 16.3. The minimum absolute atomic E-state index is 0.0738. The molecule has 1 aliphatic rings. The summed E-state index contributed by atoms with van der Waals surface area (Å²) in [5.74, 6) is -0.662. The van der Waals surface area contributed by atoms with E-state index in [1.807, 2.05) is 4.57 Å². The van der Waals surface area contributed by atoms with Gasteiger partial charge in [-0.3, -0.25) is 14.6 Å². The summed E-state index contributed by atoms with van der Waals surface area (Å²) in [4.78, 5) is 29.1. The Morgan fingerprint density at radius 3 is 2.63 bits per heavy atom. The van der Waals surface area contributed by atoms with Crippen LogP contribution in [0.5, 0.6) is 5.75 Å². The number of carbonyl (C=O) groups excluding carboxylic acids is 2. The quantitative estimate of drug-likeness (QED) is 0.534. The van der Waals surface area contributed by atoms with Gasteiger partial charge < -0.3 is 15.0 Å². The third kappa shape index (κ3) is 3.56. The number of ketones is 1. The molecule has 2 N–H and O–H groups in total. The van der Waals surface area contributed by atoms with Gasteiger partial charge in [0.25, 0.3) is 11.7 Å². The number of anilines is 1. The van der Waals surface area contributed by atoms with Gasteiger partial charge in [-0.05, 0) is 49.1 Å². The van der Waals surface area contributed by atoms with Gasteiger partial charge in [-0.15, -0.1) is 0 Å². The Hall–Kier alpha value is -3.15. The van der Waals surface area contributed by atoms with Gasteiger partial charge in [-0.2, -0.15) is 0 Å². The van der Waals surface area contributed by atoms with Crippen LogP contribution in [0.3, 0.4) is 0 Å². The molecule has 1 saturated carbocycles. The third-order valence-electron chi connectivity index (χ3n) is 5.18. The predicted octanol–water partition coefficient (Wildman–Crippen LogP) is 3.75. The van der Waals surface area contributed by atoms with Gasteiger partial charge in [0.05, 0.1) is 5.56 Å². The van der Waals surface area contributed by atoms with Crippen molar-refractivity contribution in [2.75, 3.05) is 5.32 Å². The summed E-state index contributed by atoms with van der Waals surface area (Å²) in [5, 5.41) is 13.1. The first kappa shape index (κ1) is 17.3. The Labute approximate surface area is 156 Å². The van der Waals surface area contributed by atoms with Gasteiger partial charge in [-0.1, -0.05) is 12.8 Å². The fourth-order valence-corrected chi connectivity index (χ4v) is 3.83. The highest BCUT2D eigenvalue weighted by Gasteiger charge is 2.24. The summed E-state index contributed by atoms with van der Waals surface area (Å²) in [5.41, 5.74) is 1.69. The molecule has 1 aromatic carbocycles. The van der Waals surface area contributed by atoms with Crippen molar-refractivity contribution in [1.82, 2.24) is 9.55 Å². The fraction of sp³-hybridized carbons (Fsp3) is 0.286. The lowest BCUT2D eigenvalue weighted by atomic mass is 10.1. The number of rotatable bonds is 5. The summed E-state index contributed by atoms with van der Waals surface area (Å²) in [6, 6.07) is 8.21. The fourth-order valence-electron chi connectivity index (χ4n) is 3.83. The molecule has 0 atom stereocenters. The molecule has 138 valence electrons. The monoisotopic (exact) mass is 363 g/mol. The van der Waals surface area contributed by atoms with Crippen molar-refractivity contribution in [2.24, 2.45) is 5.92 Å². The molecule has 0 bridgehead atoms. The molecule has 2 heterocycles. The van der Waals surface area contributed by atoms with Gasteiger partial charge in [0, 0.05) is 41.7 Å². The number of pyridine rings is 1. The van der Waals surface area contributed by atoms with Crippen LogP contribution in [-0.4, -0.2) is 26.3 Å². The zero-order valence-electron chi connectivity index (χ0n) is 14.9. The zero-order chi connectivity index (χ0) is 18.8. The van der Waals surface area contributed by atoms with Gasteiger partial charge in [0.2, 0.25) is 0 Å². The number of nitrogens with zero attached hydrogens (tertiary/aromatic N) is 2. The van der Waals surface area contributed by atoms with E-state index < -0.39 is 11.7 Å². The number of phenolic OH excluding ortho intramolecular Hbond substituents is 1. The number of hydrogen-bond acceptors (Lipinski definition) is 4. The first-order valence-electron chi connectivity index (χ1n) is 9.19. The van der Waals surface area contributed by atoms with Crippen LogP contribution in [0.15, 0.2) is 48.9 Å². The van der Waals surface area contributed by atoms with Gasteiger partial charge >= 0.3 is 0 Å². The van der Waals surface area contributed by atoms with E-state index in [9.17, 15) is 14.7 Å². The van der Waals surface area contributed by atoms with E-state index in [1.165, 1.54) is 25.7 Å². The maximum atomic E-state index is 12.8. The Kier molecular flexibility index (Phi) is 4.62. The van der Waals surface area contributed by atoms with Crippen LogP contribution in [0.2, 0.25) is 0 Å². The number of aromatic hydroxyl groups is 1. The SMILES string of the molecule is O=C(Nc1ccncc1)C(=O)c1cn(CC2CCCC2)c2ccc(O)cc12. The van der Waals surface area contributed by atoms with E-state index in [4.69, 9.17) is 0 Å². The predicted molar refractivity (Wildman–Crippen MR) is 103 cm³/mol. The molecule has 6 heteroatoms. The number of nitrogens with one attached hydrogen (secondary N) is 1. The summed E-state index contributed by atoms with van der Waals surface area (Å²) in [6.45, 7) is 0.820. The highest BCUT2D eigenvalue weighted by molar-refractivity contribution is 6.48. The largest absolute Gasteiger partial charge is 0.508 e. The van der Waals surface area contributed by atoms with E-state index in [0.717, 1.165) is 12.1 Å². The first-order valence-corrected chi connectivity index (χ1v) is 9.19. The molecular weight excluding hydrogens is 342 g/mol. The Balaban J connectivity index is 1.66. The standard InChI is InChI=1S/C21H21N3O3/c25-16-5-6-19-17(11-16)18(13-24(19)12-14-3-1-2-4-14)20(26)21(27)23-15-7-9-22-10-8-15/h5-11,13-14,25H,1-4,12H2,(H,22,23,27). The average molecular weight is 363 g/mol. The van der Waals surface area contributed by atoms with Crippen LogP contribution in [-0.2, 0) is 11.3 Å². The lowest BCUT2D eigenvalue weighted by molar-refractivity contribution is -0.112. The van der Waals surface area contributed by atoms with E-state index in [1.54, 1.807) is 48.9 Å². The van der Waals surface area contributed by atoms with Crippen molar-refractivity contribution in [3.8, 4) is 5.75 Å². The molecule has 0 unspecified atom stereocenters. The molecule has 1 fully saturated rings. The van der Waals surface area contributed by atoms with Gasteiger partial charge in [-0.25, -0.2) is 0 Å². The van der Waals surface area contributed by atoms with Crippen LogP contribution in [0.1, 0.15) is 36.0 Å². The maximum absolute atomic E-state index is 12.8.